The second kappa shape index (κ2) is 5.95. The summed E-state index contributed by atoms with van der Waals surface area (Å²) in [6.07, 6.45) is 6.94. The van der Waals surface area contributed by atoms with Gasteiger partial charge in [-0.2, -0.15) is 0 Å². The maximum atomic E-state index is 5.88. The zero-order chi connectivity index (χ0) is 12.8. The van der Waals surface area contributed by atoms with Crippen molar-refractivity contribution in [1.29, 1.82) is 0 Å². The van der Waals surface area contributed by atoms with E-state index in [1.807, 2.05) is 12.1 Å². The number of hydrogen-bond donors (Lipinski definition) is 2. The number of anilines is 2. The Kier molecular flexibility index (Phi) is 4.06. The summed E-state index contributed by atoms with van der Waals surface area (Å²) in [6.45, 7) is 2.81. The van der Waals surface area contributed by atoms with E-state index in [4.69, 9.17) is 5.73 Å². The number of aromatic nitrogens is 3. The zero-order valence-corrected chi connectivity index (χ0v) is 10.4. The van der Waals surface area contributed by atoms with Gasteiger partial charge >= 0.3 is 0 Å². The van der Waals surface area contributed by atoms with Gasteiger partial charge in [-0.1, -0.05) is 13.3 Å². The lowest BCUT2D eigenvalue weighted by Gasteiger charge is -2.11. The Morgan fingerprint density at radius 3 is 2.72 bits per heavy atom. The molecule has 18 heavy (non-hydrogen) atoms. The third-order valence-corrected chi connectivity index (χ3v) is 2.69. The fraction of sp³-hybridized carbons (Fsp3) is 0.308. The molecule has 0 spiro atoms. The first-order valence-corrected chi connectivity index (χ1v) is 6.03. The molecule has 5 nitrogen and oxygen atoms in total. The molecule has 2 rings (SSSR count). The first kappa shape index (κ1) is 12.3. The molecule has 0 saturated heterocycles. The minimum atomic E-state index is 0.559. The van der Waals surface area contributed by atoms with Crippen LogP contribution in [-0.4, -0.2) is 15.0 Å². The van der Waals surface area contributed by atoms with Gasteiger partial charge in [0.15, 0.2) is 0 Å². The van der Waals surface area contributed by atoms with Crippen LogP contribution in [0.25, 0.3) is 0 Å². The highest BCUT2D eigenvalue weighted by atomic mass is 15.0. The van der Waals surface area contributed by atoms with Crippen molar-refractivity contribution < 1.29 is 0 Å². The number of nitrogens with zero attached hydrogens (tertiary/aromatic N) is 3. The van der Waals surface area contributed by atoms with Crippen LogP contribution in [0.15, 0.2) is 30.9 Å². The minimum absolute atomic E-state index is 0.559. The maximum absolute atomic E-state index is 5.88. The molecule has 0 saturated carbocycles. The van der Waals surface area contributed by atoms with Gasteiger partial charge in [0, 0.05) is 24.5 Å². The van der Waals surface area contributed by atoms with Gasteiger partial charge in [0.2, 0.25) is 0 Å². The van der Waals surface area contributed by atoms with Gasteiger partial charge in [0.25, 0.3) is 0 Å². The van der Waals surface area contributed by atoms with E-state index in [0.29, 0.717) is 12.4 Å². The first-order valence-electron chi connectivity index (χ1n) is 6.03. The number of nitrogen functional groups attached to an aromatic ring is 1. The second-order valence-corrected chi connectivity index (χ2v) is 4.05. The molecular weight excluding hydrogens is 226 g/mol. The third-order valence-electron chi connectivity index (χ3n) is 2.69. The Balaban J connectivity index is 2.11. The summed E-state index contributed by atoms with van der Waals surface area (Å²) < 4.78 is 0. The molecule has 0 unspecified atom stereocenters. The zero-order valence-electron chi connectivity index (χ0n) is 10.4. The summed E-state index contributed by atoms with van der Waals surface area (Å²) >= 11 is 0. The molecule has 0 atom stereocenters. The summed E-state index contributed by atoms with van der Waals surface area (Å²) in [5.41, 5.74) is 8.03. The van der Waals surface area contributed by atoms with Gasteiger partial charge < -0.3 is 11.1 Å². The average Bonchev–Trinajstić information content (AvgIpc) is 2.41. The number of pyridine rings is 1. The molecule has 0 aliphatic rings. The highest BCUT2D eigenvalue weighted by molar-refractivity contribution is 5.55. The van der Waals surface area contributed by atoms with E-state index >= 15 is 0 Å². The van der Waals surface area contributed by atoms with E-state index < -0.39 is 0 Å². The van der Waals surface area contributed by atoms with Crippen molar-refractivity contribution in [2.24, 2.45) is 0 Å². The molecule has 94 valence electrons. The molecule has 0 fully saturated rings. The number of nitrogens with two attached hydrogens (primary N) is 1. The van der Waals surface area contributed by atoms with Crippen LogP contribution < -0.4 is 11.1 Å². The van der Waals surface area contributed by atoms with Crippen molar-refractivity contribution in [3.63, 3.8) is 0 Å². The molecule has 0 radical (unpaired) electrons. The summed E-state index contributed by atoms with van der Waals surface area (Å²) in [5, 5.41) is 3.30. The SMILES string of the molecule is CCCc1c(N)ncnc1NCc1ccncc1. The highest BCUT2D eigenvalue weighted by Crippen LogP contribution is 2.19. The predicted molar refractivity (Wildman–Crippen MR) is 72.0 cm³/mol. The van der Waals surface area contributed by atoms with E-state index in [-0.39, 0.29) is 0 Å². The van der Waals surface area contributed by atoms with E-state index in [2.05, 4.69) is 27.2 Å². The predicted octanol–water partition coefficient (Wildman–Crippen LogP) is 2.02. The molecule has 2 aromatic heterocycles. The Labute approximate surface area is 106 Å². The molecule has 2 heterocycles. The van der Waals surface area contributed by atoms with Crippen molar-refractivity contribution in [3.8, 4) is 0 Å². The van der Waals surface area contributed by atoms with E-state index in [9.17, 15) is 0 Å². The summed E-state index contributed by atoms with van der Waals surface area (Å²) in [6, 6.07) is 3.94. The lowest BCUT2D eigenvalue weighted by Crippen LogP contribution is -2.08. The Bertz CT molecular complexity index is 498. The smallest absolute Gasteiger partial charge is 0.134 e. The first-order chi connectivity index (χ1) is 8.81. The topological polar surface area (TPSA) is 76.7 Å². The molecule has 5 heteroatoms. The van der Waals surface area contributed by atoms with Crippen molar-refractivity contribution in [2.45, 2.75) is 26.3 Å². The fourth-order valence-electron chi connectivity index (χ4n) is 1.76. The molecular formula is C13H17N5. The van der Waals surface area contributed by atoms with Crippen LogP contribution in [-0.2, 0) is 13.0 Å². The molecule has 3 N–H and O–H groups in total. The monoisotopic (exact) mass is 243 g/mol. The van der Waals surface area contributed by atoms with Crippen LogP contribution >= 0.6 is 0 Å². The van der Waals surface area contributed by atoms with E-state index in [1.165, 1.54) is 6.33 Å². The Hall–Kier alpha value is -2.17. The third kappa shape index (κ3) is 2.94. The van der Waals surface area contributed by atoms with Crippen LogP contribution in [0.1, 0.15) is 24.5 Å². The number of rotatable bonds is 5. The average molecular weight is 243 g/mol. The lowest BCUT2D eigenvalue weighted by molar-refractivity contribution is 0.901. The normalized spacial score (nSPS) is 10.3. The molecule has 0 bridgehead atoms. The molecule has 0 amide bonds. The van der Waals surface area contributed by atoms with Crippen LogP contribution in [0, 0.1) is 0 Å². The van der Waals surface area contributed by atoms with Crippen LogP contribution in [0.3, 0.4) is 0 Å². The van der Waals surface area contributed by atoms with Crippen molar-refractivity contribution in [2.75, 3.05) is 11.1 Å². The van der Waals surface area contributed by atoms with Crippen LogP contribution in [0.2, 0.25) is 0 Å². The molecule has 0 aliphatic carbocycles. The summed E-state index contributed by atoms with van der Waals surface area (Å²) in [4.78, 5) is 12.3. The Morgan fingerprint density at radius 1 is 1.22 bits per heavy atom. The largest absolute Gasteiger partial charge is 0.383 e. The highest BCUT2D eigenvalue weighted by Gasteiger charge is 2.07. The van der Waals surface area contributed by atoms with E-state index in [1.54, 1.807) is 12.4 Å². The van der Waals surface area contributed by atoms with Gasteiger partial charge in [0.1, 0.15) is 18.0 Å². The van der Waals surface area contributed by atoms with Gasteiger partial charge in [-0.15, -0.1) is 0 Å². The maximum Gasteiger partial charge on any atom is 0.134 e. The fourth-order valence-corrected chi connectivity index (χ4v) is 1.76. The van der Waals surface area contributed by atoms with Crippen molar-refractivity contribution in [3.05, 3.63) is 42.0 Å². The summed E-state index contributed by atoms with van der Waals surface area (Å²) in [7, 11) is 0. The van der Waals surface area contributed by atoms with Crippen molar-refractivity contribution >= 4 is 11.6 Å². The molecule has 0 aliphatic heterocycles. The van der Waals surface area contributed by atoms with Crippen molar-refractivity contribution in [1.82, 2.24) is 15.0 Å². The molecule has 0 aromatic carbocycles. The van der Waals surface area contributed by atoms with Crippen LogP contribution in [0.5, 0.6) is 0 Å². The number of nitrogens with one attached hydrogen (secondary N) is 1. The Morgan fingerprint density at radius 2 is 2.00 bits per heavy atom. The van der Waals surface area contributed by atoms with Gasteiger partial charge in [-0.25, -0.2) is 9.97 Å². The second-order valence-electron chi connectivity index (χ2n) is 4.05. The standard InChI is InChI=1S/C13H17N5/c1-2-3-11-12(14)17-9-18-13(11)16-8-10-4-6-15-7-5-10/h4-7,9H,2-3,8H2,1H3,(H3,14,16,17,18). The number of hydrogen-bond acceptors (Lipinski definition) is 5. The van der Waals surface area contributed by atoms with Gasteiger partial charge in [0.05, 0.1) is 0 Å². The van der Waals surface area contributed by atoms with Gasteiger partial charge in [-0.3, -0.25) is 4.98 Å². The van der Waals surface area contributed by atoms with E-state index in [0.717, 1.165) is 29.8 Å². The summed E-state index contributed by atoms with van der Waals surface area (Å²) in [5.74, 6) is 1.38. The van der Waals surface area contributed by atoms with Crippen LogP contribution in [0.4, 0.5) is 11.6 Å². The molecule has 2 aromatic rings. The minimum Gasteiger partial charge on any atom is -0.383 e. The van der Waals surface area contributed by atoms with Gasteiger partial charge in [-0.05, 0) is 24.1 Å². The lowest BCUT2D eigenvalue weighted by atomic mass is 10.1. The quantitative estimate of drug-likeness (QED) is 0.840.